The summed E-state index contributed by atoms with van der Waals surface area (Å²) in [6, 6.07) is 3.12. The molecule has 2 heterocycles. The van der Waals surface area contributed by atoms with E-state index in [9.17, 15) is 5.11 Å². The van der Waals surface area contributed by atoms with Crippen LogP contribution in [-0.4, -0.2) is 39.0 Å². The van der Waals surface area contributed by atoms with Gasteiger partial charge < -0.3 is 5.11 Å². The van der Waals surface area contributed by atoms with Crippen LogP contribution < -0.4 is 0 Å². The summed E-state index contributed by atoms with van der Waals surface area (Å²) < 4.78 is 2.17. The smallest absolute Gasteiger partial charge is 0.0765 e. The molecule has 1 saturated carbocycles. The third-order valence-electron chi connectivity index (χ3n) is 4.94. The van der Waals surface area contributed by atoms with Gasteiger partial charge in [-0.05, 0) is 38.3 Å². The van der Waals surface area contributed by atoms with Crippen LogP contribution in [0.1, 0.15) is 63.1 Å². The lowest BCUT2D eigenvalue weighted by Gasteiger charge is -2.27. The molecule has 0 amide bonds. The number of aliphatic hydroxyl groups excluding tert-OH is 1. The molecule has 1 atom stereocenters. The van der Waals surface area contributed by atoms with Gasteiger partial charge in [-0.1, -0.05) is 25.7 Å². The highest BCUT2D eigenvalue weighted by Crippen LogP contribution is 2.29. The van der Waals surface area contributed by atoms with Crippen molar-refractivity contribution in [2.24, 2.45) is 0 Å². The van der Waals surface area contributed by atoms with Crippen LogP contribution >= 0.6 is 0 Å². The quantitative estimate of drug-likeness (QED) is 0.920. The highest BCUT2D eigenvalue weighted by Gasteiger charge is 2.22. The van der Waals surface area contributed by atoms with Crippen molar-refractivity contribution in [3.05, 3.63) is 18.0 Å². The minimum atomic E-state index is 0.281. The minimum Gasteiger partial charge on any atom is -0.395 e. The van der Waals surface area contributed by atoms with E-state index in [2.05, 4.69) is 21.8 Å². The fraction of sp³-hybridized carbons (Fsp3) is 0.812. The van der Waals surface area contributed by atoms with Gasteiger partial charge in [-0.25, -0.2) is 0 Å². The zero-order valence-electron chi connectivity index (χ0n) is 12.4. The molecular formula is C16H27N3O. The van der Waals surface area contributed by atoms with Crippen LogP contribution in [0.2, 0.25) is 0 Å². The second kappa shape index (κ2) is 6.72. The zero-order valence-corrected chi connectivity index (χ0v) is 12.4. The maximum Gasteiger partial charge on any atom is 0.0765 e. The van der Waals surface area contributed by atoms with E-state index in [-0.39, 0.29) is 6.61 Å². The van der Waals surface area contributed by atoms with Crippen LogP contribution in [0.3, 0.4) is 0 Å². The summed E-state index contributed by atoms with van der Waals surface area (Å²) >= 11 is 0. The number of rotatable bonds is 4. The summed E-state index contributed by atoms with van der Waals surface area (Å²) in [5.74, 6) is 0. The molecule has 112 valence electrons. The number of hydrogen-bond acceptors (Lipinski definition) is 3. The van der Waals surface area contributed by atoms with E-state index in [1.54, 1.807) is 0 Å². The molecule has 1 aliphatic carbocycles. The first-order valence-corrected chi connectivity index (χ1v) is 8.26. The SMILES string of the molecule is OCC1CCCCCN1Cc1ccn(C2CCCC2)n1. The second-order valence-corrected chi connectivity index (χ2v) is 6.38. The van der Waals surface area contributed by atoms with E-state index in [1.807, 2.05) is 0 Å². The average molecular weight is 277 g/mol. The van der Waals surface area contributed by atoms with Crippen molar-refractivity contribution in [3.8, 4) is 0 Å². The Kier molecular flexibility index (Phi) is 4.73. The fourth-order valence-electron chi connectivity index (χ4n) is 3.69. The van der Waals surface area contributed by atoms with Gasteiger partial charge in [0.25, 0.3) is 0 Å². The topological polar surface area (TPSA) is 41.3 Å². The first kappa shape index (κ1) is 14.1. The molecule has 1 N–H and O–H groups in total. The van der Waals surface area contributed by atoms with Gasteiger partial charge in [0, 0.05) is 18.8 Å². The fourth-order valence-corrected chi connectivity index (χ4v) is 3.69. The molecule has 3 rings (SSSR count). The average Bonchev–Trinajstić information content (AvgIpc) is 3.08. The van der Waals surface area contributed by atoms with Crippen molar-refractivity contribution in [3.63, 3.8) is 0 Å². The number of likely N-dealkylation sites (tertiary alicyclic amines) is 1. The van der Waals surface area contributed by atoms with Gasteiger partial charge >= 0.3 is 0 Å². The molecule has 1 aliphatic heterocycles. The molecule has 1 aromatic rings. The third-order valence-corrected chi connectivity index (χ3v) is 4.94. The Balaban J connectivity index is 1.63. The van der Waals surface area contributed by atoms with Gasteiger partial charge in [-0.2, -0.15) is 5.10 Å². The molecule has 1 aromatic heterocycles. The summed E-state index contributed by atoms with van der Waals surface area (Å²) in [7, 11) is 0. The largest absolute Gasteiger partial charge is 0.395 e. The van der Waals surface area contributed by atoms with Crippen LogP contribution in [0.15, 0.2) is 12.3 Å². The molecular weight excluding hydrogens is 250 g/mol. The highest BCUT2D eigenvalue weighted by atomic mass is 16.3. The van der Waals surface area contributed by atoms with E-state index in [4.69, 9.17) is 5.10 Å². The molecule has 0 spiro atoms. The van der Waals surface area contributed by atoms with Gasteiger partial charge in [-0.3, -0.25) is 9.58 Å². The number of aromatic nitrogens is 2. The molecule has 2 fully saturated rings. The van der Waals surface area contributed by atoms with Crippen molar-refractivity contribution >= 4 is 0 Å². The highest BCUT2D eigenvalue weighted by molar-refractivity contribution is 5.01. The van der Waals surface area contributed by atoms with E-state index >= 15 is 0 Å². The van der Waals surface area contributed by atoms with Crippen LogP contribution in [0.5, 0.6) is 0 Å². The first-order valence-electron chi connectivity index (χ1n) is 8.26. The summed E-state index contributed by atoms with van der Waals surface area (Å²) in [6.45, 7) is 2.27. The van der Waals surface area contributed by atoms with Crippen molar-refractivity contribution in [2.45, 2.75) is 70.0 Å². The van der Waals surface area contributed by atoms with Crippen LogP contribution in [0.25, 0.3) is 0 Å². The standard InChI is InChI=1S/C16H27N3O/c20-13-16-8-2-1-5-10-18(16)12-14-9-11-19(17-14)15-6-3-4-7-15/h9,11,15-16,20H,1-8,10,12-13H2. The number of aliphatic hydroxyl groups is 1. The molecule has 20 heavy (non-hydrogen) atoms. The molecule has 2 aliphatic rings. The van der Waals surface area contributed by atoms with Crippen LogP contribution in [0, 0.1) is 0 Å². The van der Waals surface area contributed by atoms with Crippen molar-refractivity contribution < 1.29 is 5.11 Å². The van der Waals surface area contributed by atoms with Gasteiger partial charge in [0.15, 0.2) is 0 Å². The second-order valence-electron chi connectivity index (χ2n) is 6.38. The Labute approximate surface area is 121 Å². The predicted molar refractivity (Wildman–Crippen MR) is 79.5 cm³/mol. The normalized spacial score (nSPS) is 25.9. The van der Waals surface area contributed by atoms with E-state index in [0.29, 0.717) is 12.1 Å². The van der Waals surface area contributed by atoms with Gasteiger partial charge in [0.1, 0.15) is 0 Å². The zero-order chi connectivity index (χ0) is 13.8. The van der Waals surface area contributed by atoms with Crippen molar-refractivity contribution in [1.82, 2.24) is 14.7 Å². The first-order chi connectivity index (χ1) is 9.86. The van der Waals surface area contributed by atoms with Gasteiger partial charge in [0.2, 0.25) is 0 Å². The predicted octanol–water partition coefficient (Wildman–Crippen LogP) is 2.74. The maximum absolute atomic E-state index is 9.57. The van der Waals surface area contributed by atoms with Crippen molar-refractivity contribution in [2.75, 3.05) is 13.2 Å². The lowest BCUT2D eigenvalue weighted by atomic mass is 10.1. The third kappa shape index (κ3) is 3.23. The van der Waals surface area contributed by atoms with E-state index in [1.165, 1.54) is 44.9 Å². The molecule has 1 unspecified atom stereocenters. The Bertz CT molecular complexity index is 412. The molecule has 0 aromatic carbocycles. The summed E-state index contributed by atoms with van der Waals surface area (Å²) in [4.78, 5) is 2.42. The Morgan fingerprint density at radius 2 is 1.90 bits per heavy atom. The minimum absolute atomic E-state index is 0.281. The molecule has 4 heteroatoms. The number of hydrogen-bond donors (Lipinski definition) is 1. The molecule has 4 nitrogen and oxygen atoms in total. The van der Waals surface area contributed by atoms with Gasteiger partial charge in [0.05, 0.1) is 18.3 Å². The Morgan fingerprint density at radius 3 is 2.70 bits per heavy atom. The summed E-state index contributed by atoms with van der Waals surface area (Å²) in [5, 5.41) is 14.4. The summed E-state index contributed by atoms with van der Waals surface area (Å²) in [5.41, 5.74) is 1.16. The molecule has 0 radical (unpaired) electrons. The van der Waals surface area contributed by atoms with Crippen LogP contribution in [-0.2, 0) is 6.54 Å². The van der Waals surface area contributed by atoms with Crippen molar-refractivity contribution in [1.29, 1.82) is 0 Å². The van der Waals surface area contributed by atoms with E-state index < -0.39 is 0 Å². The molecule has 1 saturated heterocycles. The Hall–Kier alpha value is -0.870. The lowest BCUT2D eigenvalue weighted by molar-refractivity contribution is 0.117. The van der Waals surface area contributed by atoms with E-state index in [0.717, 1.165) is 25.2 Å². The van der Waals surface area contributed by atoms with Gasteiger partial charge in [-0.15, -0.1) is 0 Å². The molecule has 0 bridgehead atoms. The lowest BCUT2D eigenvalue weighted by Crippen LogP contribution is -2.37. The monoisotopic (exact) mass is 277 g/mol. The van der Waals surface area contributed by atoms with Crippen LogP contribution in [0.4, 0.5) is 0 Å². The maximum atomic E-state index is 9.57. The summed E-state index contributed by atoms with van der Waals surface area (Å²) in [6.07, 6.45) is 12.3. The Morgan fingerprint density at radius 1 is 1.10 bits per heavy atom. The number of nitrogens with zero attached hydrogens (tertiary/aromatic N) is 3.